The lowest BCUT2D eigenvalue weighted by molar-refractivity contribution is 0.632. The second kappa shape index (κ2) is 7.25. The number of hydrogen-bond acceptors (Lipinski definition) is 3. The van der Waals surface area contributed by atoms with Gasteiger partial charge in [0, 0.05) is 30.1 Å². The third-order valence-corrected chi connectivity index (χ3v) is 4.73. The number of allylic oxidation sites excluding steroid dienone is 2. The van der Waals surface area contributed by atoms with Crippen LogP contribution in [0.25, 0.3) is 0 Å². The maximum absolute atomic E-state index is 13.6. The molecule has 0 amide bonds. The Morgan fingerprint density at radius 3 is 2.58 bits per heavy atom. The molecule has 0 fully saturated rings. The van der Waals surface area contributed by atoms with Crippen molar-refractivity contribution < 1.29 is 4.39 Å². The second-order valence-corrected chi connectivity index (χ2v) is 6.99. The third kappa shape index (κ3) is 3.46. The van der Waals surface area contributed by atoms with Crippen LogP contribution in [0.5, 0.6) is 0 Å². The van der Waals surface area contributed by atoms with E-state index in [-0.39, 0.29) is 16.3 Å². The van der Waals surface area contributed by atoms with E-state index in [0.29, 0.717) is 5.69 Å². The van der Waals surface area contributed by atoms with Gasteiger partial charge in [-0.3, -0.25) is 5.43 Å². The first kappa shape index (κ1) is 18.1. The van der Waals surface area contributed by atoms with Crippen molar-refractivity contribution in [3.63, 3.8) is 0 Å². The van der Waals surface area contributed by atoms with Crippen LogP contribution in [-0.2, 0) is 5.41 Å². The van der Waals surface area contributed by atoms with Crippen molar-refractivity contribution in [1.82, 2.24) is 5.43 Å². The van der Waals surface area contributed by atoms with E-state index in [0.717, 1.165) is 5.70 Å². The highest BCUT2D eigenvalue weighted by Crippen LogP contribution is 2.46. The number of halogens is 1. The van der Waals surface area contributed by atoms with Crippen LogP contribution >= 0.6 is 12.2 Å². The smallest absolute Gasteiger partial charge is 0.191 e. The molecule has 1 heterocycles. The molecule has 0 radical (unpaired) electrons. The number of likely N-dealkylation sites (N-methyl/N-ethyl adjacent to an activating group) is 1. The molecule has 0 unspecified atom stereocenters. The summed E-state index contributed by atoms with van der Waals surface area (Å²) in [7, 11) is 2.05. The Morgan fingerprint density at radius 2 is 1.85 bits per heavy atom. The van der Waals surface area contributed by atoms with Crippen LogP contribution in [0.1, 0.15) is 19.4 Å². The van der Waals surface area contributed by atoms with Gasteiger partial charge in [-0.1, -0.05) is 44.2 Å². The lowest BCUT2D eigenvalue weighted by Crippen LogP contribution is -2.25. The topological polar surface area (TPSA) is 39.7 Å². The summed E-state index contributed by atoms with van der Waals surface area (Å²) in [5, 5.41) is 7.13. The molecule has 0 saturated heterocycles. The lowest BCUT2D eigenvalue weighted by atomic mass is 9.84. The lowest BCUT2D eigenvalue weighted by Gasteiger charge is -2.23. The fourth-order valence-electron chi connectivity index (χ4n) is 3.22. The van der Waals surface area contributed by atoms with E-state index in [2.05, 4.69) is 52.8 Å². The van der Waals surface area contributed by atoms with Crippen molar-refractivity contribution in [3.8, 4) is 0 Å². The first-order valence-corrected chi connectivity index (χ1v) is 8.70. The van der Waals surface area contributed by atoms with Crippen LogP contribution in [0.3, 0.4) is 0 Å². The van der Waals surface area contributed by atoms with Gasteiger partial charge in [-0.2, -0.15) is 5.10 Å². The molecule has 4 nitrogen and oxygen atoms in total. The van der Waals surface area contributed by atoms with Gasteiger partial charge in [0.2, 0.25) is 0 Å². The van der Waals surface area contributed by atoms with Gasteiger partial charge in [-0.25, -0.2) is 4.39 Å². The van der Waals surface area contributed by atoms with Crippen LogP contribution in [-0.4, -0.2) is 18.4 Å². The summed E-state index contributed by atoms with van der Waals surface area (Å²) in [5.41, 5.74) is 6.53. The van der Waals surface area contributed by atoms with Gasteiger partial charge >= 0.3 is 0 Å². The highest BCUT2D eigenvalue weighted by atomic mass is 32.1. The zero-order valence-electron chi connectivity index (χ0n) is 15.0. The molecule has 0 spiro atoms. The monoisotopic (exact) mass is 368 g/mol. The van der Waals surface area contributed by atoms with Crippen molar-refractivity contribution >= 4 is 34.9 Å². The number of hydrogen-bond donors (Lipinski definition) is 2. The van der Waals surface area contributed by atoms with Crippen LogP contribution in [0.2, 0.25) is 0 Å². The van der Waals surface area contributed by atoms with E-state index in [1.807, 2.05) is 19.2 Å². The maximum Gasteiger partial charge on any atom is 0.191 e. The first-order chi connectivity index (χ1) is 12.4. The zero-order valence-corrected chi connectivity index (χ0v) is 15.8. The number of anilines is 2. The first-order valence-electron chi connectivity index (χ1n) is 8.30. The molecule has 2 aromatic carbocycles. The van der Waals surface area contributed by atoms with Crippen LogP contribution in [0, 0.1) is 5.82 Å². The zero-order chi connectivity index (χ0) is 18.7. The quantitative estimate of drug-likeness (QED) is 0.478. The van der Waals surface area contributed by atoms with Crippen LogP contribution < -0.4 is 15.6 Å². The van der Waals surface area contributed by atoms with Gasteiger partial charge in [-0.05, 0) is 42.1 Å². The van der Waals surface area contributed by atoms with Gasteiger partial charge in [0.05, 0.1) is 5.69 Å². The minimum atomic E-state index is -0.366. The normalized spacial score (nSPS) is 16.8. The van der Waals surface area contributed by atoms with E-state index < -0.39 is 0 Å². The predicted molar refractivity (Wildman–Crippen MR) is 110 cm³/mol. The number of hydrazone groups is 1. The van der Waals surface area contributed by atoms with E-state index in [9.17, 15) is 4.39 Å². The van der Waals surface area contributed by atoms with Gasteiger partial charge in [0.15, 0.2) is 5.11 Å². The molecular formula is C20H21FN4S. The Morgan fingerprint density at radius 1 is 1.15 bits per heavy atom. The van der Waals surface area contributed by atoms with Gasteiger partial charge < -0.3 is 10.2 Å². The molecule has 26 heavy (non-hydrogen) atoms. The Kier molecular flexibility index (Phi) is 5.04. The maximum atomic E-state index is 13.6. The third-order valence-electron chi connectivity index (χ3n) is 4.54. The molecule has 0 aromatic heterocycles. The Balaban J connectivity index is 1.67. The molecule has 2 N–H and O–H groups in total. The number of thiocarbonyl (C=S) groups is 1. The Labute approximate surface area is 158 Å². The minimum absolute atomic E-state index is 0.108. The standard InChI is InChI=1S/C20H21FN4S/c1-20(2)14-8-4-7-11-17(14)25(3)18(20)12-13-22-24-19(26)23-16-10-6-5-9-15(16)21/h4-13H,1-3H3,(H2,23,24,26)/b18-12-,22-13+. The summed E-state index contributed by atoms with van der Waals surface area (Å²) in [6.45, 7) is 4.37. The predicted octanol–water partition coefficient (Wildman–Crippen LogP) is 4.41. The number of benzene rings is 2. The summed E-state index contributed by atoms with van der Waals surface area (Å²) in [4.78, 5) is 2.16. The average molecular weight is 368 g/mol. The molecule has 2 aromatic rings. The van der Waals surface area contributed by atoms with Gasteiger partial charge in [-0.15, -0.1) is 0 Å². The number of fused-ring (bicyclic) bond motifs is 1. The van der Waals surface area contributed by atoms with Gasteiger partial charge in [0.1, 0.15) is 5.82 Å². The molecule has 134 valence electrons. The van der Waals surface area contributed by atoms with Crippen molar-refractivity contribution in [1.29, 1.82) is 0 Å². The number of rotatable bonds is 3. The van der Waals surface area contributed by atoms with Crippen molar-refractivity contribution in [2.75, 3.05) is 17.3 Å². The number of para-hydroxylation sites is 2. The minimum Gasteiger partial charge on any atom is -0.347 e. The van der Waals surface area contributed by atoms with Crippen molar-refractivity contribution in [3.05, 3.63) is 71.7 Å². The summed E-state index contributed by atoms with van der Waals surface area (Å²) in [6, 6.07) is 14.7. The van der Waals surface area contributed by atoms with E-state index in [1.165, 1.54) is 17.3 Å². The fourth-order valence-corrected chi connectivity index (χ4v) is 3.38. The van der Waals surface area contributed by atoms with Crippen LogP contribution in [0.4, 0.5) is 15.8 Å². The highest BCUT2D eigenvalue weighted by molar-refractivity contribution is 7.80. The molecule has 1 aliphatic rings. The summed E-state index contributed by atoms with van der Waals surface area (Å²) < 4.78 is 13.6. The van der Waals surface area contributed by atoms with Crippen molar-refractivity contribution in [2.45, 2.75) is 19.3 Å². The molecule has 0 atom stereocenters. The molecule has 6 heteroatoms. The molecule has 0 saturated carbocycles. The van der Waals surface area contributed by atoms with Crippen LogP contribution in [0.15, 0.2) is 65.4 Å². The number of nitrogens with zero attached hydrogens (tertiary/aromatic N) is 2. The van der Waals surface area contributed by atoms with E-state index >= 15 is 0 Å². The van der Waals surface area contributed by atoms with Crippen molar-refractivity contribution in [2.24, 2.45) is 5.10 Å². The summed E-state index contributed by atoms with van der Waals surface area (Å²) in [6.07, 6.45) is 3.62. The molecule has 0 bridgehead atoms. The second-order valence-electron chi connectivity index (χ2n) is 6.58. The summed E-state index contributed by atoms with van der Waals surface area (Å²) >= 11 is 5.14. The Hall–Kier alpha value is -2.73. The van der Waals surface area contributed by atoms with Gasteiger partial charge in [0.25, 0.3) is 0 Å². The SMILES string of the molecule is CN1/C(=C\C=N\NC(=S)Nc2ccccc2F)C(C)(C)c2ccccc21. The van der Waals surface area contributed by atoms with E-state index in [4.69, 9.17) is 12.2 Å². The average Bonchev–Trinajstić information content (AvgIpc) is 2.81. The number of nitrogens with one attached hydrogen (secondary N) is 2. The summed E-state index contributed by atoms with van der Waals surface area (Å²) in [5.74, 6) is -0.366. The molecular weight excluding hydrogens is 347 g/mol. The van der Waals surface area contributed by atoms with E-state index in [1.54, 1.807) is 24.4 Å². The molecule has 1 aliphatic heterocycles. The Bertz CT molecular complexity index is 889. The molecule has 3 rings (SSSR count). The largest absolute Gasteiger partial charge is 0.347 e. The fraction of sp³-hybridized carbons (Fsp3) is 0.200. The molecule has 0 aliphatic carbocycles. The highest BCUT2D eigenvalue weighted by Gasteiger charge is 2.37.